The first-order chi connectivity index (χ1) is 24.0. The van der Waals surface area contributed by atoms with E-state index in [0.29, 0.717) is 15.8 Å². The second kappa shape index (κ2) is 13.1. The second-order valence-corrected chi connectivity index (χ2v) is 12.9. The van der Waals surface area contributed by atoms with Gasteiger partial charge in [0.05, 0.1) is 31.7 Å². The zero-order valence-electron chi connectivity index (χ0n) is 28.1. The van der Waals surface area contributed by atoms with Gasteiger partial charge in [-0.1, -0.05) is 62.4 Å². The van der Waals surface area contributed by atoms with Crippen molar-refractivity contribution in [1.82, 2.24) is 19.6 Å². The molecule has 5 aromatic rings. The summed E-state index contributed by atoms with van der Waals surface area (Å²) in [4.78, 5) is 18.9. The van der Waals surface area contributed by atoms with Crippen molar-refractivity contribution in [3.63, 3.8) is 0 Å². The monoisotopic (exact) mass is 679 g/mol. The average molecular weight is 680 g/mol. The summed E-state index contributed by atoms with van der Waals surface area (Å²) in [6, 6.07) is 24.2. The van der Waals surface area contributed by atoms with E-state index < -0.39 is 23.8 Å². The molecule has 2 atom stereocenters. The lowest BCUT2D eigenvalue weighted by Crippen LogP contribution is -2.32. The van der Waals surface area contributed by atoms with E-state index in [1.807, 2.05) is 74.5 Å². The Hall–Kier alpha value is -5.45. The lowest BCUT2D eigenvalue weighted by atomic mass is 9.77. The van der Waals surface area contributed by atoms with Crippen LogP contribution in [0.15, 0.2) is 95.6 Å². The van der Waals surface area contributed by atoms with Gasteiger partial charge in [0.2, 0.25) is 0 Å². The third kappa shape index (κ3) is 6.23. The van der Waals surface area contributed by atoms with E-state index in [1.54, 1.807) is 26.4 Å². The minimum atomic E-state index is -4.75. The molecule has 0 N–H and O–H groups in total. The number of carbonyl (C=O) groups is 1. The van der Waals surface area contributed by atoms with Gasteiger partial charge in [-0.15, -0.1) is 0 Å². The number of amides is 1. The SMILES string of the molecule is COc1ccc(/C=C2\CCC[C@H]3C2=NN(C(=O)c2cc4nc(-c5ccc(C(C)C)cc5)cc(C(F)(F)F)n4n2)[C@@H]3c2ccc(OC)cc2)cc1. The van der Waals surface area contributed by atoms with Gasteiger partial charge in [-0.05, 0) is 83.9 Å². The maximum absolute atomic E-state index is 14.5. The molecule has 50 heavy (non-hydrogen) atoms. The summed E-state index contributed by atoms with van der Waals surface area (Å²) in [7, 11) is 3.20. The maximum Gasteiger partial charge on any atom is 0.433 e. The molecule has 1 aliphatic carbocycles. The van der Waals surface area contributed by atoms with Gasteiger partial charge >= 0.3 is 6.18 Å². The van der Waals surface area contributed by atoms with Gasteiger partial charge in [0.1, 0.15) is 11.5 Å². The normalized spacial score (nSPS) is 18.4. The van der Waals surface area contributed by atoms with Crippen LogP contribution in [0.25, 0.3) is 23.0 Å². The van der Waals surface area contributed by atoms with Crippen LogP contribution in [0.1, 0.15) is 77.9 Å². The summed E-state index contributed by atoms with van der Waals surface area (Å²) >= 11 is 0. The minimum Gasteiger partial charge on any atom is -0.497 e. The van der Waals surface area contributed by atoms with Crippen molar-refractivity contribution in [3.05, 3.63) is 119 Å². The fraction of sp³-hybridized carbons (Fsp3) is 0.282. The van der Waals surface area contributed by atoms with Crippen molar-refractivity contribution in [3.8, 4) is 22.8 Å². The van der Waals surface area contributed by atoms with Gasteiger partial charge in [0.25, 0.3) is 5.91 Å². The lowest BCUT2D eigenvalue weighted by Gasteiger charge is -2.29. The van der Waals surface area contributed by atoms with E-state index in [4.69, 9.17) is 14.6 Å². The zero-order chi connectivity index (χ0) is 35.2. The van der Waals surface area contributed by atoms with E-state index in [2.05, 4.69) is 16.2 Å². The number of hydrazone groups is 1. The molecule has 3 heterocycles. The number of carbonyl (C=O) groups excluding carboxylic acids is 1. The molecule has 256 valence electrons. The molecule has 11 heteroatoms. The molecule has 2 aromatic heterocycles. The summed E-state index contributed by atoms with van der Waals surface area (Å²) in [6.07, 6.45) is -0.247. The molecule has 0 bridgehead atoms. The highest BCUT2D eigenvalue weighted by molar-refractivity contribution is 6.09. The molecule has 3 aromatic carbocycles. The summed E-state index contributed by atoms with van der Waals surface area (Å²) in [5, 5.41) is 10.5. The van der Waals surface area contributed by atoms with E-state index in [-0.39, 0.29) is 28.9 Å². The van der Waals surface area contributed by atoms with Crippen molar-refractivity contribution in [2.45, 2.75) is 51.2 Å². The van der Waals surface area contributed by atoms with Gasteiger partial charge in [0.15, 0.2) is 17.0 Å². The Labute approximate surface area is 287 Å². The van der Waals surface area contributed by atoms with Crippen LogP contribution in [0, 0.1) is 5.92 Å². The number of hydrogen-bond donors (Lipinski definition) is 0. The highest BCUT2D eigenvalue weighted by Gasteiger charge is 2.45. The van der Waals surface area contributed by atoms with Crippen LogP contribution in [0.5, 0.6) is 11.5 Å². The minimum absolute atomic E-state index is 0.0866. The first-order valence-corrected chi connectivity index (χ1v) is 16.5. The third-order valence-corrected chi connectivity index (χ3v) is 9.43. The highest BCUT2D eigenvalue weighted by Crippen LogP contribution is 2.45. The van der Waals surface area contributed by atoms with Crippen LogP contribution in [-0.4, -0.2) is 45.4 Å². The molecule has 1 aliphatic heterocycles. The first kappa shape index (κ1) is 33.1. The Morgan fingerprint density at radius 3 is 2.20 bits per heavy atom. The molecular formula is C39H36F3N5O3. The van der Waals surface area contributed by atoms with Crippen LogP contribution >= 0.6 is 0 Å². The predicted octanol–water partition coefficient (Wildman–Crippen LogP) is 8.99. The molecule has 7 rings (SSSR count). The summed E-state index contributed by atoms with van der Waals surface area (Å²) in [6.45, 7) is 4.09. The fourth-order valence-electron chi connectivity index (χ4n) is 6.79. The number of aromatic nitrogens is 3. The summed E-state index contributed by atoms with van der Waals surface area (Å²) in [5.74, 6) is 0.928. The largest absolute Gasteiger partial charge is 0.497 e. The van der Waals surface area contributed by atoms with Gasteiger partial charge in [0, 0.05) is 17.5 Å². The Bertz CT molecular complexity index is 2100. The second-order valence-electron chi connectivity index (χ2n) is 12.9. The molecule has 0 radical (unpaired) electrons. The maximum atomic E-state index is 14.5. The van der Waals surface area contributed by atoms with Crippen LogP contribution in [0.2, 0.25) is 0 Å². The Morgan fingerprint density at radius 2 is 1.58 bits per heavy atom. The van der Waals surface area contributed by atoms with E-state index >= 15 is 0 Å². The Balaban J connectivity index is 1.31. The fourth-order valence-corrected chi connectivity index (χ4v) is 6.79. The molecule has 0 unspecified atom stereocenters. The number of fused-ring (bicyclic) bond motifs is 2. The third-order valence-electron chi connectivity index (χ3n) is 9.43. The zero-order valence-corrected chi connectivity index (χ0v) is 28.1. The van der Waals surface area contributed by atoms with Crippen molar-refractivity contribution < 1.29 is 27.4 Å². The van der Waals surface area contributed by atoms with Gasteiger partial charge in [-0.3, -0.25) is 4.79 Å². The van der Waals surface area contributed by atoms with Crippen LogP contribution < -0.4 is 9.47 Å². The van der Waals surface area contributed by atoms with Gasteiger partial charge in [-0.2, -0.15) is 23.4 Å². The molecule has 0 spiro atoms. The molecule has 2 aliphatic rings. The van der Waals surface area contributed by atoms with Crippen LogP contribution in [-0.2, 0) is 6.18 Å². The number of nitrogens with zero attached hydrogens (tertiary/aromatic N) is 5. The van der Waals surface area contributed by atoms with Crippen molar-refractivity contribution >= 4 is 23.3 Å². The standard InChI is InChI=1S/C39H36F3N5O3/c1-23(2)25-10-12-26(13-11-25)32-21-34(39(40,41)42)46-35(43-32)22-33(44-46)38(48)47-37(27-14-18-30(50-4)19-15-27)31-7-5-6-28(36(31)45-47)20-24-8-16-29(49-3)17-9-24/h8-23,31,37H,5-7H2,1-4H3/b28-20+/t31-,37+/m0/s1. The molecule has 1 fully saturated rings. The predicted molar refractivity (Wildman–Crippen MR) is 185 cm³/mol. The number of benzene rings is 3. The number of methoxy groups -OCH3 is 2. The Morgan fingerprint density at radius 1 is 0.920 bits per heavy atom. The van der Waals surface area contributed by atoms with Crippen LogP contribution in [0.4, 0.5) is 13.2 Å². The van der Waals surface area contributed by atoms with Gasteiger partial charge < -0.3 is 9.47 Å². The van der Waals surface area contributed by atoms with Crippen molar-refractivity contribution in [1.29, 1.82) is 0 Å². The van der Waals surface area contributed by atoms with Crippen molar-refractivity contribution in [2.75, 3.05) is 14.2 Å². The molecule has 0 saturated heterocycles. The topological polar surface area (TPSA) is 81.3 Å². The number of hydrogen-bond acceptors (Lipinski definition) is 6. The quantitative estimate of drug-likeness (QED) is 0.172. The molecular weight excluding hydrogens is 643 g/mol. The Kier molecular flexibility index (Phi) is 8.67. The number of ether oxygens (including phenoxy) is 2. The summed E-state index contributed by atoms with van der Waals surface area (Å²) in [5.41, 5.74) is 4.02. The van der Waals surface area contributed by atoms with Crippen molar-refractivity contribution in [2.24, 2.45) is 11.0 Å². The molecule has 8 nitrogen and oxygen atoms in total. The molecule has 1 amide bonds. The number of halogens is 3. The lowest BCUT2D eigenvalue weighted by molar-refractivity contribution is -0.142. The number of alkyl halides is 3. The highest BCUT2D eigenvalue weighted by atomic mass is 19.4. The van der Waals surface area contributed by atoms with E-state index in [1.165, 1.54) is 11.1 Å². The smallest absolute Gasteiger partial charge is 0.433 e. The van der Waals surface area contributed by atoms with E-state index in [9.17, 15) is 18.0 Å². The average Bonchev–Trinajstić information content (AvgIpc) is 3.74. The van der Waals surface area contributed by atoms with Gasteiger partial charge in [-0.25, -0.2) is 14.5 Å². The summed E-state index contributed by atoms with van der Waals surface area (Å²) < 4.78 is 54.8. The van der Waals surface area contributed by atoms with E-state index in [0.717, 1.165) is 59.1 Å². The number of rotatable bonds is 7. The molecule has 1 saturated carbocycles. The number of allylic oxidation sites excluding steroid dienone is 1. The van der Waals surface area contributed by atoms with Crippen LogP contribution in [0.3, 0.4) is 0 Å². The first-order valence-electron chi connectivity index (χ1n) is 16.5.